The van der Waals surface area contributed by atoms with Gasteiger partial charge < -0.3 is 15.4 Å². The molecule has 3 aromatic carbocycles. The molecule has 198 valence electrons. The van der Waals surface area contributed by atoms with Crippen LogP contribution in [0.25, 0.3) is 0 Å². The third kappa shape index (κ3) is 8.28. The van der Waals surface area contributed by atoms with Gasteiger partial charge in [-0.2, -0.15) is 18.3 Å². The number of carbonyl (C=O) groups excluding carboxylic acids is 3. The number of rotatable bonds is 7. The van der Waals surface area contributed by atoms with E-state index in [0.29, 0.717) is 0 Å². The summed E-state index contributed by atoms with van der Waals surface area (Å²) in [5.74, 6) is -3.54. The topological polar surface area (TPSA) is 109 Å². The fourth-order valence-corrected chi connectivity index (χ4v) is 3.42. The van der Waals surface area contributed by atoms with Crippen LogP contribution in [-0.2, 0) is 20.6 Å². The Morgan fingerprint density at radius 1 is 0.974 bits per heavy atom. The van der Waals surface area contributed by atoms with E-state index in [4.69, 9.17) is 16.3 Å². The predicted molar refractivity (Wildman–Crippen MR) is 135 cm³/mol. The second kappa shape index (κ2) is 12.5. The lowest BCUT2D eigenvalue weighted by Gasteiger charge is -2.15. The fourth-order valence-electron chi connectivity index (χ4n) is 2.87. The lowest BCUT2D eigenvalue weighted by molar-refractivity contribution is -0.137. The summed E-state index contributed by atoms with van der Waals surface area (Å²) in [6.45, 7) is -0.664. The summed E-state index contributed by atoms with van der Waals surface area (Å²) in [7, 11) is 0. The number of nitrogens with zero attached hydrogens (tertiary/aromatic N) is 1. The summed E-state index contributed by atoms with van der Waals surface area (Å²) < 4.78 is 58.3. The molecule has 38 heavy (non-hydrogen) atoms. The molecule has 0 atom stereocenters. The summed E-state index contributed by atoms with van der Waals surface area (Å²) >= 11 is 8.93. The maximum atomic E-state index is 13.3. The van der Waals surface area contributed by atoms with E-state index in [1.54, 1.807) is 0 Å². The second-order valence-electron chi connectivity index (χ2n) is 7.37. The Morgan fingerprint density at radius 3 is 2.37 bits per heavy atom. The van der Waals surface area contributed by atoms with Gasteiger partial charge in [-0.25, -0.2) is 9.82 Å². The number of amides is 3. The normalized spacial score (nSPS) is 11.2. The lowest BCUT2D eigenvalue weighted by atomic mass is 10.1. The minimum absolute atomic E-state index is 0.0603. The van der Waals surface area contributed by atoms with Gasteiger partial charge in [0.1, 0.15) is 11.6 Å². The van der Waals surface area contributed by atoms with Crippen LogP contribution in [0, 0.1) is 5.82 Å². The van der Waals surface area contributed by atoms with E-state index in [-0.39, 0.29) is 26.5 Å². The van der Waals surface area contributed by atoms with Crippen molar-refractivity contribution in [1.82, 2.24) is 5.43 Å². The number of benzene rings is 3. The Labute approximate surface area is 226 Å². The average molecular weight is 616 g/mol. The molecule has 8 nitrogen and oxygen atoms in total. The van der Waals surface area contributed by atoms with Crippen molar-refractivity contribution >= 4 is 62.8 Å². The maximum absolute atomic E-state index is 13.3. The quantitative estimate of drug-likeness (QED) is 0.144. The molecule has 0 aliphatic rings. The first-order chi connectivity index (χ1) is 17.9. The van der Waals surface area contributed by atoms with Gasteiger partial charge in [0.2, 0.25) is 0 Å². The molecule has 14 heteroatoms. The molecule has 3 aromatic rings. The lowest BCUT2D eigenvalue weighted by Crippen LogP contribution is -2.32. The first-order valence-corrected chi connectivity index (χ1v) is 11.6. The highest BCUT2D eigenvalue weighted by molar-refractivity contribution is 9.10. The highest BCUT2D eigenvalue weighted by Crippen LogP contribution is 2.36. The van der Waals surface area contributed by atoms with Gasteiger partial charge in [-0.05, 0) is 60.7 Å². The minimum atomic E-state index is -4.70. The average Bonchev–Trinajstić information content (AvgIpc) is 2.85. The molecule has 0 radical (unpaired) electrons. The molecule has 0 bridgehead atoms. The molecule has 0 fully saturated rings. The number of halogens is 6. The number of anilines is 2. The molecular formula is C24H16BrClF4N4O4. The summed E-state index contributed by atoms with van der Waals surface area (Å²) in [6.07, 6.45) is -3.62. The van der Waals surface area contributed by atoms with Crippen LogP contribution >= 0.6 is 27.5 Å². The Balaban J connectivity index is 1.62. The monoisotopic (exact) mass is 614 g/mol. The molecule has 0 saturated heterocycles. The van der Waals surface area contributed by atoms with E-state index < -0.39 is 47.6 Å². The Kier molecular flexibility index (Phi) is 9.42. The summed E-state index contributed by atoms with van der Waals surface area (Å²) in [5, 5.41) is 8.30. The standard InChI is InChI=1S/C24H16BrClF4N4O4/c25-14-1-7-19(18(10-14)24(28,29)30)33-21(35)12-38-20-8-2-15(26)9-13(20)11-31-34-23(37)22(36)32-17-5-3-16(27)4-6-17/h1-11H,12H2,(H,32,36)(H,33,35)(H,34,37)/b31-11-. The number of ether oxygens (including phenoxy) is 1. The van der Waals surface area contributed by atoms with E-state index in [0.717, 1.165) is 30.5 Å². The highest BCUT2D eigenvalue weighted by Gasteiger charge is 2.34. The van der Waals surface area contributed by atoms with Crippen molar-refractivity contribution in [1.29, 1.82) is 0 Å². The van der Waals surface area contributed by atoms with Crippen molar-refractivity contribution in [2.45, 2.75) is 6.18 Å². The third-order valence-electron chi connectivity index (χ3n) is 4.57. The van der Waals surface area contributed by atoms with Crippen LogP contribution in [0.2, 0.25) is 5.02 Å². The number of nitrogens with one attached hydrogen (secondary N) is 3. The molecule has 0 aliphatic heterocycles. The molecular weight excluding hydrogens is 600 g/mol. The van der Waals surface area contributed by atoms with E-state index in [9.17, 15) is 31.9 Å². The summed E-state index contributed by atoms with van der Waals surface area (Å²) in [6, 6.07) is 12.2. The third-order valence-corrected chi connectivity index (χ3v) is 5.30. The van der Waals surface area contributed by atoms with E-state index in [2.05, 4.69) is 31.7 Å². The molecule has 0 aliphatic carbocycles. The van der Waals surface area contributed by atoms with E-state index in [1.807, 2.05) is 5.43 Å². The minimum Gasteiger partial charge on any atom is -0.483 e. The van der Waals surface area contributed by atoms with E-state index in [1.165, 1.54) is 36.4 Å². The Morgan fingerprint density at radius 2 is 1.68 bits per heavy atom. The molecule has 3 amide bonds. The predicted octanol–water partition coefficient (Wildman–Crippen LogP) is 5.37. The van der Waals surface area contributed by atoms with Crippen LogP contribution in [0.4, 0.5) is 28.9 Å². The van der Waals surface area contributed by atoms with Crippen LogP contribution in [0.5, 0.6) is 5.75 Å². The fraction of sp³-hybridized carbons (Fsp3) is 0.0833. The molecule has 0 heterocycles. The molecule has 0 unspecified atom stereocenters. The molecule has 3 N–H and O–H groups in total. The number of hydrogen-bond acceptors (Lipinski definition) is 5. The van der Waals surface area contributed by atoms with Gasteiger partial charge in [0.25, 0.3) is 5.91 Å². The van der Waals surface area contributed by atoms with Crippen LogP contribution in [0.15, 0.2) is 70.2 Å². The van der Waals surface area contributed by atoms with Gasteiger partial charge in [-0.15, -0.1) is 0 Å². The van der Waals surface area contributed by atoms with Gasteiger partial charge in [0.05, 0.1) is 17.5 Å². The molecule has 3 rings (SSSR count). The van der Waals surface area contributed by atoms with Gasteiger partial charge >= 0.3 is 18.0 Å². The van der Waals surface area contributed by atoms with Crippen molar-refractivity contribution in [2.24, 2.45) is 5.10 Å². The summed E-state index contributed by atoms with van der Waals surface area (Å²) in [4.78, 5) is 36.2. The van der Waals surface area contributed by atoms with Gasteiger partial charge in [-0.1, -0.05) is 27.5 Å². The van der Waals surface area contributed by atoms with Crippen LogP contribution < -0.4 is 20.8 Å². The Hall–Kier alpha value is -3.97. The number of carbonyl (C=O) groups is 3. The zero-order valence-corrected chi connectivity index (χ0v) is 21.2. The van der Waals surface area contributed by atoms with Crippen molar-refractivity contribution in [3.8, 4) is 5.75 Å². The Bertz CT molecular complexity index is 1380. The second-order valence-corrected chi connectivity index (χ2v) is 8.72. The smallest absolute Gasteiger partial charge is 0.418 e. The van der Waals surface area contributed by atoms with Crippen molar-refractivity contribution in [3.05, 3.63) is 87.1 Å². The zero-order valence-electron chi connectivity index (χ0n) is 18.9. The van der Waals surface area contributed by atoms with Crippen molar-refractivity contribution in [3.63, 3.8) is 0 Å². The van der Waals surface area contributed by atoms with Crippen molar-refractivity contribution in [2.75, 3.05) is 17.2 Å². The summed E-state index contributed by atoms with van der Waals surface area (Å²) in [5.41, 5.74) is 0.864. The van der Waals surface area contributed by atoms with E-state index >= 15 is 0 Å². The molecule has 0 spiro atoms. The highest BCUT2D eigenvalue weighted by atomic mass is 79.9. The number of hydrazone groups is 1. The maximum Gasteiger partial charge on any atom is 0.418 e. The SMILES string of the molecule is O=C(COc1ccc(Cl)cc1/C=N\NC(=O)C(=O)Nc1ccc(F)cc1)Nc1ccc(Br)cc1C(F)(F)F. The molecule has 0 saturated carbocycles. The van der Waals surface area contributed by atoms with Crippen LogP contribution in [-0.4, -0.2) is 30.5 Å². The van der Waals surface area contributed by atoms with Crippen LogP contribution in [0.3, 0.4) is 0 Å². The van der Waals surface area contributed by atoms with Gasteiger partial charge in [-0.3, -0.25) is 14.4 Å². The van der Waals surface area contributed by atoms with Crippen LogP contribution in [0.1, 0.15) is 11.1 Å². The van der Waals surface area contributed by atoms with Crippen molar-refractivity contribution < 1.29 is 36.7 Å². The first kappa shape index (κ1) is 28.6. The van der Waals surface area contributed by atoms with Gasteiger partial charge in [0.15, 0.2) is 6.61 Å². The zero-order chi connectivity index (χ0) is 27.9. The number of hydrogen-bond donors (Lipinski definition) is 3. The number of alkyl halides is 3. The van der Waals surface area contributed by atoms with Gasteiger partial charge in [0, 0.05) is 20.7 Å². The largest absolute Gasteiger partial charge is 0.483 e. The molecule has 0 aromatic heterocycles. The first-order valence-electron chi connectivity index (χ1n) is 10.4.